The number of fused-ring (bicyclic) bond motifs is 1. The van der Waals surface area contributed by atoms with E-state index in [4.69, 9.17) is 0 Å². The number of thiazole rings is 1. The van der Waals surface area contributed by atoms with Crippen LogP contribution in [0.3, 0.4) is 0 Å². The number of nitrogens with one attached hydrogen (secondary N) is 1. The molecule has 0 aliphatic rings. The van der Waals surface area contributed by atoms with Crippen LogP contribution in [-0.4, -0.2) is 20.7 Å². The Bertz CT molecular complexity index is 777. The lowest BCUT2D eigenvalue weighted by molar-refractivity contribution is -0.119. The molecule has 0 saturated carbocycles. The summed E-state index contributed by atoms with van der Waals surface area (Å²) in [6.07, 6.45) is 1.69. The van der Waals surface area contributed by atoms with Crippen molar-refractivity contribution in [2.24, 2.45) is 0 Å². The van der Waals surface area contributed by atoms with Gasteiger partial charge in [0.25, 0.3) is 5.91 Å². The Balaban J connectivity index is 1.81. The number of hydrogen-bond acceptors (Lipinski definition) is 4. The van der Waals surface area contributed by atoms with Crippen LogP contribution in [0.25, 0.3) is 10.2 Å². The molecule has 0 aliphatic heterocycles. The molecule has 2 aromatic heterocycles. The molecule has 1 aromatic carbocycles. The van der Waals surface area contributed by atoms with Gasteiger partial charge in [0.05, 0.1) is 26.6 Å². The summed E-state index contributed by atoms with van der Waals surface area (Å²) in [5.74, 6) is -0.132. The third-order valence-electron chi connectivity index (χ3n) is 3.26. The van der Waals surface area contributed by atoms with Crippen LogP contribution in [0, 0.1) is 6.92 Å². The van der Waals surface area contributed by atoms with Crippen molar-refractivity contribution >= 4 is 48.5 Å². The minimum atomic E-state index is -0.400. The van der Waals surface area contributed by atoms with E-state index in [0.29, 0.717) is 5.13 Å². The van der Waals surface area contributed by atoms with E-state index < -0.39 is 6.04 Å². The predicted molar refractivity (Wildman–Crippen MR) is 87.6 cm³/mol. The van der Waals surface area contributed by atoms with Crippen molar-refractivity contribution in [3.63, 3.8) is 0 Å². The van der Waals surface area contributed by atoms with Gasteiger partial charge >= 0.3 is 0 Å². The zero-order valence-electron chi connectivity index (χ0n) is 11.5. The molecule has 108 valence electrons. The highest BCUT2D eigenvalue weighted by atomic mass is 79.9. The van der Waals surface area contributed by atoms with Crippen LogP contribution in [0.2, 0.25) is 0 Å². The normalized spacial score (nSPS) is 12.5. The van der Waals surface area contributed by atoms with E-state index in [2.05, 4.69) is 31.3 Å². The molecule has 0 unspecified atom stereocenters. The smallest absolute Gasteiger partial charge is 0.250 e. The quantitative estimate of drug-likeness (QED) is 0.769. The first-order chi connectivity index (χ1) is 10.1. The van der Waals surface area contributed by atoms with Crippen molar-refractivity contribution in [2.75, 3.05) is 5.32 Å². The van der Waals surface area contributed by atoms with Gasteiger partial charge in [-0.25, -0.2) is 4.98 Å². The van der Waals surface area contributed by atoms with Crippen molar-refractivity contribution in [3.8, 4) is 0 Å². The highest BCUT2D eigenvalue weighted by Gasteiger charge is 2.19. The van der Waals surface area contributed by atoms with Crippen LogP contribution >= 0.6 is 27.3 Å². The van der Waals surface area contributed by atoms with Gasteiger partial charge in [0.1, 0.15) is 6.04 Å². The Hall–Kier alpha value is -1.73. The summed E-state index contributed by atoms with van der Waals surface area (Å²) in [4.78, 5) is 16.7. The highest BCUT2D eigenvalue weighted by Crippen LogP contribution is 2.26. The molecule has 3 rings (SSSR count). The molecule has 1 N–H and O–H groups in total. The van der Waals surface area contributed by atoms with E-state index in [-0.39, 0.29) is 5.91 Å². The molecule has 0 aliphatic carbocycles. The van der Waals surface area contributed by atoms with E-state index in [9.17, 15) is 4.79 Å². The van der Waals surface area contributed by atoms with E-state index in [0.717, 1.165) is 20.4 Å². The third-order valence-corrected chi connectivity index (χ3v) is 4.99. The van der Waals surface area contributed by atoms with Gasteiger partial charge in [-0.05, 0) is 41.9 Å². The largest absolute Gasteiger partial charge is 0.300 e. The summed E-state index contributed by atoms with van der Waals surface area (Å²) in [6.45, 7) is 3.73. The summed E-state index contributed by atoms with van der Waals surface area (Å²) in [7, 11) is 0. The molecule has 0 bridgehead atoms. The van der Waals surface area contributed by atoms with Gasteiger partial charge in [-0.15, -0.1) is 0 Å². The molecule has 1 atom stereocenters. The van der Waals surface area contributed by atoms with E-state index in [1.54, 1.807) is 10.9 Å². The maximum absolute atomic E-state index is 12.3. The number of aromatic nitrogens is 3. The Morgan fingerprint density at radius 3 is 2.86 bits per heavy atom. The van der Waals surface area contributed by atoms with Gasteiger partial charge in [-0.3, -0.25) is 9.48 Å². The fourth-order valence-corrected chi connectivity index (χ4v) is 3.18. The monoisotopic (exact) mass is 364 g/mol. The van der Waals surface area contributed by atoms with Crippen molar-refractivity contribution in [1.29, 1.82) is 0 Å². The molecule has 1 amide bonds. The lowest BCUT2D eigenvalue weighted by Gasteiger charge is -2.13. The predicted octanol–water partition coefficient (Wildman–Crippen LogP) is 3.76. The Morgan fingerprint density at radius 1 is 1.43 bits per heavy atom. The number of anilines is 1. The molecule has 0 fully saturated rings. The SMILES string of the molecule is Cc1c(Br)cnn1[C@@H](C)C(=O)Nc1nc2ccccc2s1. The average molecular weight is 365 g/mol. The van der Waals surface area contributed by atoms with Gasteiger partial charge in [0.15, 0.2) is 5.13 Å². The number of benzene rings is 1. The van der Waals surface area contributed by atoms with Gasteiger partial charge in [-0.1, -0.05) is 23.5 Å². The minimum absolute atomic E-state index is 0.132. The zero-order valence-corrected chi connectivity index (χ0v) is 13.9. The lowest BCUT2D eigenvalue weighted by Crippen LogP contribution is -2.25. The summed E-state index contributed by atoms with van der Waals surface area (Å²) in [6, 6.07) is 7.41. The van der Waals surface area contributed by atoms with Crippen LogP contribution < -0.4 is 5.32 Å². The fourth-order valence-electron chi connectivity index (χ4n) is 2.04. The second-order valence-corrected chi connectivity index (χ2v) is 6.56. The number of nitrogens with zero attached hydrogens (tertiary/aromatic N) is 3. The molecular weight excluding hydrogens is 352 g/mol. The number of amides is 1. The Labute approximate surface area is 134 Å². The molecule has 0 spiro atoms. The summed E-state index contributed by atoms with van der Waals surface area (Å²) in [5.41, 5.74) is 1.81. The van der Waals surface area contributed by atoms with Crippen molar-refractivity contribution in [1.82, 2.24) is 14.8 Å². The first-order valence-electron chi connectivity index (χ1n) is 6.42. The van der Waals surface area contributed by atoms with Crippen LogP contribution in [0.4, 0.5) is 5.13 Å². The van der Waals surface area contributed by atoms with E-state index in [1.807, 2.05) is 38.1 Å². The summed E-state index contributed by atoms with van der Waals surface area (Å²) < 4.78 is 3.63. The van der Waals surface area contributed by atoms with Crippen molar-refractivity contribution in [2.45, 2.75) is 19.9 Å². The van der Waals surface area contributed by atoms with Crippen LogP contribution in [-0.2, 0) is 4.79 Å². The number of carbonyl (C=O) groups excluding carboxylic acids is 1. The zero-order chi connectivity index (χ0) is 15.0. The molecule has 0 radical (unpaired) electrons. The maximum atomic E-state index is 12.3. The maximum Gasteiger partial charge on any atom is 0.250 e. The molecule has 7 heteroatoms. The lowest BCUT2D eigenvalue weighted by atomic mass is 10.3. The highest BCUT2D eigenvalue weighted by molar-refractivity contribution is 9.10. The van der Waals surface area contributed by atoms with Crippen molar-refractivity contribution in [3.05, 3.63) is 40.6 Å². The molecule has 0 saturated heterocycles. The van der Waals surface area contributed by atoms with Gasteiger partial charge < -0.3 is 5.32 Å². The third kappa shape index (κ3) is 2.71. The van der Waals surface area contributed by atoms with Crippen LogP contribution in [0.1, 0.15) is 18.7 Å². The number of carbonyl (C=O) groups is 1. The Kier molecular flexibility index (Phi) is 3.77. The number of halogens is 1. The van der Waals surface area contributed by atoms with E-state index in [1.165, 1.54) is 11.3 Å². The van der Waals surface area contributed by atoms with Gasteiger partial charge in [-0.2, -0.15) is 5.10 Å². The first kappa shape index (κ1) is 14.2. The molecule has 3 aromatic rings. The van der Waals surface area contributed by atoms with Crippen LogP contribution in [0.5, 0.6) is 0 Å². The first-order valence-corrected chi connectivity index (χ1v) is 8.03. The van der Waals surface area contributed by atoms with Crippen molar-refractivity contribution < 1.29 is 4.79 Å². The minimum Gasteiger partial charge on any atom is -0.300 e. The topological polar surface area (TPSA) is 59.8 Å². The number of hydrogen-bond donors (Lipinski definition) is 1. The molecule has 21 heavy (non-hydrogen) atoms. The standard InChI is InChI=1S/C14H13BrN4OS/c1-8-10(15)7-16-19(8)9(2)13(20)18-14-17-11-5-3-4-6-12(11)21-14/h3-7,9H,1-2H3,(H,17,18,20)/t9-/m0/s1. The fraction of sp³-hybridized carbons (Fsp3) is 0.214. The van der Waals surface area contributed by atoms with Gasteiger partial charge in [0, 0.05) is 0 Å². The summed E-state index contributed by atoms with van der Waals surface area (Å²) in [5, 5.41) is 7.68. The second kappa shape index (κ2) is 5.57. The number of rotatable bonds is 3. The number of para-hydroxylation sites is 1. The van der Waals surface area contributed by atoms with Gasteiger partial charge in [0.2, 0.25) is 0 Å². The average Bonchev–Trinajstić information content (AvgIpc) is 3.02. The molecule has 5 nitrogen and oxygen atoms in total. The second-order valence-electron chi connectivity index (χ2n) is 4.67. The summed E-state index contributed by atoms with van der Waals surface area (Å²) >= 11 is 4.86. The van der Waals surface area contributed by atoms with Crippen LogP contribution in [0.15, 0.2) is 34.9 Å². The molecular formula is C14H13BrN4OS. The Morgan fingerprint density at radius 2 is 2.19 bits per heavy atom. The molecule has 2 heterocycles. The van der Waals surface area contributed by atoms with E-state index >= 15 is 0 Å².